The van der Waals surface area contributed by atoms with Crippen molar-refractivity contribution >= 4 is 5.97 Å². The van der Waals surface area contributed by atoms with Gasteiger partial charge in [-0.05, 0) is 30.5 Å². The summed E-state index contributed by atoms with van der Waals surface area (Å²) in [5, 5.41) is 19.6. The number of hydrogen-bond donors (Lipinski definition) is 1. The molecule has 0 saturated carbocycles. The van der Waals surface area contributed by atoms with Crippen LogP contribution in [-0.2, 0) is 4.79 Å². The van der Waals surface area contributed by atoms with Gasteiger partial charge < -0.3 is 15.0 Å². The predicted octanol–water partition coefficient (Wildman–Crippen LogP) is 0.389. The standard InChI is InChI=1S/C10H11FO3/c11-8-3-1-7(2-4-8)9(12)5-6-10(13)14/h1-4,9,12H,5-6H2,(H,13,14)/p-1/t9-/m0/s1. The molecular weight excluding hydrogens is 187 g/mol. The van der Waals surface area contributed by atoms with Gasteiger partial charge in [-0.3, -0.25) is 0 Å². The molecule has 0 aliphatic carbocycles. The lowest BCUT2D eigenvalue weighted by atomic mass is 10.1. The van der Waals surface area contributed by atoms with Gasteiger partial charge >= 0.3 is 0 Å². The zero-order chi connectivity index (χ0) is 10.6. The summed E-state index contributed by atoms with van der Waals surface area (Å²) >= 11 is 0. The lowest BCUT2D eigenvalue weighted by molar-refractivity contribution is -0.306. The minimum absolute atomic E-state index is 0.0773. The number of aliphatic carboxylic acids is 1. The van der Waals surface area contributed by atoms with E-state index in [9.17, 15) is 19.4 Å². The van der Waals surface area contributed by atoms with Gasteiger partial charge in [-0.1, -0.05) is 12.1 Å². The molecule has 0 aliphatic rings. The summed E-state index contributed by atoms with van der Waals surface area (Å²) < 4.78 is 12.5. The van der Waals surface area contributed by atoms with Crippen molar-refractivity contribution in [2.45, 2.75) is 18.9 Å². The van der Waals surface area contributed by atoms with Crippen LogP contribution >= 0.6 is 0 Å². The monoisotopic (exact) mass is 197 g/mol. The zero-order valence-corrected chi connectivity index (χ0v) is 7.44. The number of rotatable bonds is 4. The van der Waals surface area contributed by atoms with Crippen LogP contribution in [0.25, 0.3) is 0 Å². The summed E-state index contributed by atoms with van der Waals surface area (Å²) in [7, 11) is 0. The van der Waals surface area contributed by atoms with Crippen LogP contribution in [0.1, 0.15) is 24.5 Å². The maximum Gasteiger partial charge on any atom is 0.123 e. The molecule has 0 bridgehead atoms. The molecule has 0 aliphatic heterocycles. The lowest BCUT2D eigenvalue weighted by Gasteiger charge is -2.10. The fraction of sp³-hybridized carbons (Fsp3) is 0.300. The minimum atomic E-state index is -1.20. The molecule has 1 rings (SSSR count). The Labute approximate surface area is 80.8 Å². The topological polar surface area (TPSA) is 60.4 Å². The van der Waals surface area contributed by atoms with Gasteiger partial charge in [-0.15, -0.1) is 0 Å². The lowest BCUT2D eigenvalue weighted by Crippen LogP contribution is -2.22. The van der Waals surface area contributed by atoms with Crippen LogP contribution in [0.5, 0.6) is 0 Å². The molecule has 1 aromatic carbocycles. The number of carbonyl (C=O) groups excluding carboxylic acids is 1. The Morgan fingerprint density at radius 2 is 2.00 bits per heavy atom. The van der Waals surface area contributed by atoms with Gasteiger partial charge in [-0.2, -0.15) is 0 Å². The quantitative estimate of drug-likeness (QED) is 0.759. The van der Waals surface area contributed by atoms with Crippen LogP contribution in [-0.4, -0.2) is 11.1 Å². The van der Waals surface area contributed by atoms with Crippen molar-refractivity contribution in [3.63, 3.8) is 0 Å². The smallest absolute Gasteiger partial charge is 0.123 e. The number of benzene rings is 1. The van der Waals surface area contributed by atoms with E-state index < -0.39 is 12.1 Å². The molecule has 3 nitrogen and oxygen atoms in total. The maximum absolute atomic E-state index is 12.5. The van der Waals surface area contributed by atoms with Crippen molar-refractivity contribution in [2.75, 3.05) is 0 Å². The van der Waals surface area contributed by atoms with Crippen molar-refractivity contribution < 1.29 is 19.4 Å². The summed E-state index contributed by atoms with van der Waals surface area (Å²) in [5.74, 6) is -1.59. The van der Waals surface area contributed by atoms with Crippen LogP contribution in [0.15, 0.2) is 24.3 Å². The first-order valence-corrected chi connectivity index (χ1v) is 4.23. The molecule has 0 amide bonds. The molecule has 76 valence electrons. The Hall–Kier alpha value is -1.42. The predicted molar refractivity (Wildman–Crippen MR) is 45.6 cm³/mol. The Balaban J connectivity index is 2.56. The normalized spacial score (nSPS) is 12.4. The summed E-state index contributed by atoms with van der Waals surface area (Å²) in [5.41, 5.74) is 0.507. The van der Waals surface area contributed by atoms with Crippen LogP contribution in [0.4, 0.5) is 4.39 Å². The molecule has 0 saturated heterocycles. The van der Waals surface area contributed by atoms with Crippen molar-refractivity contribution in [3.05, 3.63) is 35.6 Å². The fourth-order valence-electron chi connectivity index (χ4n) is 1.11. The van der Waals surface area contributed by atoms with Gasteiger partial charge in [-0.25, -0.2) is 4.39 Å². The third kappa shape index (κ3) is 3.14. The number of halogens is 1. The number of aliphatic hydroxyl groups is 1. The average Bonchev–Trinajstić information content (AvgIpc) is 2.15. The molecule has 0 spiro atoms. The average molecular weight is 197 g/mol. The first-order chi connectivity index (χ1) is 6.59. The van der Waals surface area contributed by atoms with Crippen LogP contribution in [0, 0.1) is 5.82 Å². The third-order valence-corrected chi connectivity index (χ3v) is 1.88. The van der Waals surface area contributed by atoms with Gasteiger partial charge in [0.15, 0.2) is 0 Å². The van der Waals surface area contributed by atoms with Gasteiger partial charge in [0, 0.05) is 5.97 Å². The van der Waals surface area contributed by atoms with E-state index in [-0.39, 0.29) is 18.7 Å². The number of carboxylic acids is 1. The van der Waals surface area contributed by atoms with Gasteiger partial charge in [0.05, 0.1) is 6.10 Å². The molecule has 1 aromatic rings. The Morgan fingerprint density at radius 3 is 2.50 bits per heavy atom. The van der Waals surface area contributed by atoms with Crippen molar-refractivity contribution in [3.8, 4) is 0 Å². The van der Waals surface area contributed by atoms with Gasteiger partial charge in [0.1, 0.15) is 5.82 Å². The van der Waals surface area contributed by atoms with Gasteiger partial charge in [0.25, 0.3) is 0 Å². The van der Waals surface area contributed by atoms with Crippen LogP contribution in [0.2, 0.25) is 0 Å². The molecule has 1 N–H and O–H groups in total. The van der Waals surface area contributed by atoms with E-state index in [4.69, 9.17) is 0 Å². The summed E-state index contributed by atoms with van der Waals surface area (Å²) in [4.78, 5) is 10.1. The molecule has 0 unspecified atom stereocenters. The first-order valence-electron chi connectivity index (χ1n) is 4.23. The molecule has 0 radical (unpaired) electrons. The molecule has 0 fully saturated rings. The van der Waals surface area contributed by atoms with Crippen LogP contribution in [0.3, 0.4) is 0 Å². The minimum Gasteiger partial charge on any atom is -0.550 e. The highest BCUT2D eigenvalue weighted by atomic mass is 19.1. The second-order valence-corrected chi connectivity index (χ2v) is 2.98. The molecular formula is C10H10FO3-. The number of carbonyl (C=O) groups is 1. The highest BCUT2D eigenvalue weighted by Crippen LogP contribution is 2.17. The number of hydrogen-bond acceptors (Lipinski definition) is 3. The second-order valence-electron chi connectivity index (χ2n) is 2.98. The number of carboxylic acid groups (broad SMARTS) is 1. The molecule has 4 heteroatoms. The van der Waals surface area contributed by atoms with Gasteiger partial charge in [0.2, 0.25) is 0 Å². The van der Waals surface area contributed by atoms with E-state index in [1.807, 2.05) is 0 Å². The summed E-state index contributed by atoms with van der Waals surface area (Å²) in [6.45, 7) is 0. The second kappa shape index (κ2) is 4.72. The summed E-state index contributed by atoms with van der Waals surface area (Å²) in [6, 6.07) is 5.29. The van der Waals surface area contributed by atoms with E-state index in [0.29, 0.717) is 5.56 Å². The van der Waals surface area contributed by atoms with E-state index in [1.54, 1.807) is 0 Å². The largest absolute Gasteiger partial charge is 0.550 e. The van der Waals surface area contributed by atoms with E-state index >= 15 is 0 Å². The molecule has 0 heterocycles. The highest BCUT2D eigenvalue weighted by molar-refractivity contribution is 5.64. The fourth-order valence-corrected chi connectivity index (χ4v) is 1.11. The van der Waals surface area contributed by atoms with E-state index in [1.165, 1.54) is 24.3 Å². The molecule has 0 aromatic heterocycles. The van der Waals surface area contributed by atoms with Crippen LogP contribution < -0.4 is 5.11 Å². The molecule has 1 atom stereocenters. The van der Waals surface area contributed by atoms with Crippen molar-refractivity contribution in [2.24, 2.45) is 0 Å². The van der Waals surface area contributed by atoms with E-state index in [2.05, 4.69) is 0 Å². The number of aliphatic hydroxyl groups excluding tert-OH is 1. The summed E-state index contributed by atoms with van der Waals surface area (Å²) in [6.07, 6.45) is -1.01. The highest BCUT2D eigenvalue weighted by Gasteiger charge is 2.06. The van der Waals surface area contributed by atoms with Crippen molar-refractivity contribution in [1.29, 1.82) is 0 Å². The third-order valence-electron chi connectivity index (χ3n) is 1.88. The van der Waals surface area contributed by atoms with Crippen molar-refractivity contribution in [1.82, 2.24) is 0 Å². The molecule has 14 heavy (non-hydrogen) atoms. The van der Waals surface area contributed by atoms with E-state index in [0.717, 1.165) is 0 Å². The Morgan fingerprint density at radius 1 is 1.43 bits per heavy atom. The Kier molecular flexibility index (Phi) is 3.59. The SMILES string of the molecule is O=C([O-])CC[C@H](O)c1ccc(F)cc1. The Bertz CT molecular complexity index is 308. The first kappa shape index (κ1) is 10.7. The maximum atomic E-state index is 12.5. The zero-order valence-electron chi connectivity index (χ0n) is 7.44.